The molecule has 12 heteroatoms. The van der Waals surface area contributed by atoms with Crippen molar-refractivity contribution in [2.24, 2.45) is 0 Å². The Hall–Kier alpha value is -3.67. The quantitative estimate of drug-likeness (QED) is 0.469. The number of halogens is 3. The Kier molecular flexibility index (Phi) is 9.05. The van der Waals surface area contributed by atoms with Gasteiger partial charge in [-0.2, -0.15) is 13.2 Å². The topological polar surface area (TPSA) is 113 Å². The van der Waals surface area contributed by atoms with Gasteiger partial charge in [0.15, 0.2) is 0 Å². The molecule has 0 bridgehead atoms. The second-order valence-corrected chi connectivity index (χ2v) is 9.85. The SMILES string of the molecule is COc1cccc(C(=O)NC2CCC(N3CC[C@@H](NC(=O)CNC(=O)c4cccc(C(F)(F)F)c4)C3)CC2)n1. The zero-order chi connectivity index (χ0) is 28.0. The third-order valence-corrected chi connectivity index (χ3v) is 7.16. The average Bonchev–Trinajstić information content (AvgIpc) is 3.40. The molecule has 1 saturated heterocycles. The zero-order valence-corrected chi connectivity index (χ0v) is 21.6. The summed E-state index contributed by atoms with van der Waals surface area (Å²) in [7, 11) is 1.50. The molecular formula is C27H32F3N5O4. The highest BCUT2D eigenvalue weighted by atomic mass is 19.4. The van der Waals surface area contributed by atoms with Crippen molar-refractivity contribution in [1.82, 2.24) is 25.8 Å². The van der Waals surface area contributed by atoms with Gasteiger partial charge in [-0.1, -0.05) is 12.1 Å². The number of pyridine rings is 1. The Morgan fingerprint density at radius 1 is 0.974 bits per heavy atom. The molecule has 2 aromatic rings. The summed E-state index contributed by atoms with van der Waals surface area (Å²) in [6, 6.07) is 9.50. The lowest BCUT2D eigenvalue weighted by Crippen LogP contribution is -2.46. The Bertz CT molecular complexity index is 1180. The highest BCUT2D eigenvalue weighted by Crippen LogP contribution is 2.29. The summed E-state index contributed by atoms with van der Waals surface area (Å²) >= 11 is 0. The van der Waals surface area contributed by atoms with Crippen molar-refractivity contribution in [2.75, 3.05) is 26.7 Å². The molecule has 1 aromatic heterocycles. The number of rotatable bonds is 8. The first kappa shape index (κ1) is 28.3. The van der Waals surface area contributed by atoms with Gasteiger partial charge in [-0.05, 0) is 56.4 Å². The van der Waals surface area contributed by atoms with Crippen LogP contribution in [0.3, 0.4) is 0 Å². The molecule has 1 saturated carbocycles. The first-order chi connectivity index (χ1) is 18.6. The van der Waals surface area contributed by atoms with Gasteiger partial charge >= 0.3 is 6.18 Å². The molecule has 4 rings (SSSR count). The Balaban J connectivity index is 1.17. The van der Waals surface area contributed by atoms with Crippen LogP contribution in [0.4, 0.5) is 13.2 Å². The number of hydrogen-bond acceptors (Lipinski definition) is 6. The number of aromatic nitrogens is 1. The van der Waals surface area contributed by atoms with Crippen LogP contribution in [0.1, 0.15) is 58.5 Å². The van der Waals surface area contributed by atoms with Gasteiger partial charge in [0.2, 0.25) is 11.8 Å². The number of amides is 3. The molecular weight excluding hydrogens is 515 g/mol. The molecule has 9 nitrogen and oxygen atoms in total. The second-order valence-electron chi connectivity index (χ2n) is 9.85. The number of carbonyl (C=O) groups is 3. The lowest BCUT2D eigenvalue weighted by molar-refractivity contribution is -0.137. The molecule has 0 unspecified atom stereocenters. The van der Waals surface area contributed by atoms with Crippen molar-refractivity contribution in [3.05, 3.63) is 59.3 Å². The van der Waals surface area contributed by atoms with E-state index >= 15 is 0 Å². The van der Waals surface area contributed by atoms with E-state index in [0.717, 1.165) is 56.8 Å². The van der Waals surface area contributed by atoms with Crippen LogP contribution in [-0.2, 0) is 11.0 Å². The van der Waals surface area contributed by atoms with E-state index in [9.17, 15) is 27.6 Å². The minimum absolute atomic E-state index is 0.0697. The molecule has 2 fully saturated rings. The van der Waals surface area contributed by atoms with E-state index < -0.39 is 17.6 Å². The van der Waals surface area contributed by atoms with Crippen molar-refractivity contribution < 1.29 is 32.3 Å². The number of nitrogens with one attached hydrogen (secondary N) is 3. The van der Waals surface area contributed by atoms with E-state index in [-0.39, 0.29) is 36.0 Å². The second kappa shape index (κ2) is 12.5. The van der Waals surface area contributed by atoms with Gasteiger partial charge in [0.25, 0.3) is 11.8 Å². The van der Waals surface area contributed by atoms with Crippen LogP contribution in [0, 0.1) is 0 Å². The molecule has 1 aromatic carbocycles. The highest BCUT2D eigenvalue weighted by Gasteiger charge is 2.33. The van der Waals surface area contributed by atoms with Gasteiger partial charge in [0, 0.05) is 42.8 Å². The summed E-state index contributed by atoms with van der Waals surface area (Å²) in [6.45, 7) is 1.19. The molecule has 3 N–H and O–H groups in total. The first-order valence-electron chi connectivity index (χ1n) is 12.9. The van der Waals surface area contributed by atoms with Gasteiger partial charge in [-0.3, -0.25) is 19.3 Å². The van der Waals surface area contributed by atoms with E-state index in [2.05, 4.69) is 25.8 Å². The maximum atomic E-state index is 12.9. The van der Waals surface area contributed by atoms with Crippen LogP contribution >= 0.6 is 0 Å². The molecule has 3 amide bonds. The zero-order valence-electron chi connectivity index (χ0n) is 21.6. The Morgan fingerprint density at radius 2 is 1.72 bits per heavy atom. The molecule has 1 aliphatic carbocycles. The maximum Gasteiger partial charge on any atom is 0.416 e. The summed E-state index contributed by atoms with van der Waals surface area (Å²) in [4.78, 5) is 43.7. The van der Waals surface area contributed by atoms with Crippen molar-refractivity contribution in [1.29, 1.82) is 0 Å². The summed E-state index contributed by atoms with van der Waals surface area (Å²) < 4.78 is 43.7. The van der Waals surface area contributed by atoms with Crippen molar-refractivity contribution in [3.8, 4) is 5.88 Å². The van der Waals surface area contributed by atoms with Crippen LogP contribution < -0.4 is 20.7 Å². The van der Waals surface area contributed by atoms with Crippen LogP contribution in [0.5, 0.6) is 5.88 Å². The average molecular weight is 548 g/mol. The monoisotopic (exact) mass is 547 g/mol. The lowest BCUT2D eigenvalue weighted by atomic mass is 9.90. The van der Waals surface area contributed by atoms with Crippen LogP contribution in [0.15, 0.2) is 42.5 Å². The standard InChI is InChI=1S/C27H32F3N5O4/c1-39-24-7-3-6-22(34-24)26(38)33-19-8-10-21(11-9-19)35-13-12-20(16-35)32-23(36)15-31-25(37)17-4-2-5-18(14-17)27(28,29)30/h2-7,14,19-21H,8-13,15-16H2,1H3,(H,31,37)(H,32,36)(H,33,38)/t19?,20-,21?/m1/s1. The van der Waals surface area contributed by atoms with Crippen LogP contribution in [-0.4, -0.2) is 72.5 Å². The molecule has 2 aliphatic rings. The van der Waals surface area contributed by atoms with Crippen molar-refractivity contribution >= 4 is 17.7 Å². The molecule has 1 aliphatic heterocycles. The third kappa shape index (κ3) is 7.69. The lowest BCUT2D eigenvalue weighted by Gasteiger charge is -2.35. The van der Waals surface area contributed by atoms with Crippen LogP contribution in [0.2, 0.25) is 0 Å². The predicted octanol–water partition coefficient (Wildman–Crippen LogP) is 2.77. The number of likely N-dealkylation sites (tertiary alicyclic amines) is 1. The van der Waals surface area contributed by atoms with Gasteiger partial charge in [-0.15, -0.1) is 0 Å². The number of hydrogen-bond donors (Lipinski definition) is 3. The summed E-state index contributed by atoms with van der Waals surface area (Å²) in [5.74, 6) is -0.961. The number of methoxy groups -OCH3 is 1. The van der Waals surface area contributed by atoms with Crippen molar-refractivity contribution in [2.45, 2.75) is 56.4 Å². The number of nitrogens with zero attached hydrogens (tertiary/aromatic N) is 2. The fourth-order valence-corrected chi connectivity index (χ4v) is 5.11. The van der Waals surface area contributed by atoms with Gasteiger partial charge in [0.1, 0.15) is 5.69 Å². The Labute approximate surface area is 224 Å². The molecule has 2 heterocycles. The third-order valence-electron chi connectivity index (χ3n) is 7.16. The fourth-order valence-electron chi connectivity index (χ4n) is 5.11. The van der Waals surface area contributed by atoms with E-state index in [4.69, 9.17) is 4.74 Å². The van der Waals surface area contributed by atoms with Gasteiger partial charge < -0.3 is 20.7 Å². The normalized spacial score (nSPS) is 21.7. The highest BCUT2D eigenvalue weighted by molar-refractivity contribution is 5.96. The van der Waals surface area contributed by atoms with E-state index in [1.165, 1.54) is 13.2 Å². The smallest absolute Gasteiger partial charge is 0.416 e. The predicted molar refractivity (Wildman–Crippen MR) is 136 cm³/mol. The van der Waals surface area contributed by atoms with Crippen LogP contribution in [0.25, 0.3) is 0 Å². The molecule has 0 radical (unpaired) electrons. The Morgan fingerprint density at radius 3 is 2.44 bits per heavy atom. The largest absolute Gasteiger partial charge is 0.481 e. The first-order valence-corrected chi connectivity index (χ1v) is 12.9. The van der Waals surface area contributed by atoms with E-state index in [1.807, 2.05) is 0 Å². The summed E-state index contributed by atoms with van der Waals surface area (Å²) in [5.41, 5.74) is -0.757. The number of carbonyl (C=O) groups excluding carboxylic acids is 3. The van der Waals surface area contributed by atoms with Crippen molar-refractivity contribution in [3.63, 3.8) is 0 Å². The molecule has 0 spiro atoms. The maximum absolute atomic E-state index is 12.9. The molecule has 39 heavy (non-hydrogen) atoms. The summed E-state index contributed by atoms with van der Waals surface area (Å²) in [6.07, 6.45) is -0.256. The van der Waals surface area contributed by atoms with E-state index in [1.54, 1.807) is 18.2 Å². The number of benzene rings is 1. The fraction of sp³-hybridized carbons (Fsp3) is 0.481. The minimum atomic E-state index is -4.55. The number of ether oxygens (including phenoxy) is 1. The minimum Gasteiger partial charge on any atom is -0.481 e. The van der Waals surface area contributed by atoms with E-state index in [0.29, 0.717) is 24.2 Å². The number of alkyl halides is 3. The summed E-state index contributed by atoms with van der Waals surface area (Å²) in [5, 5.41) is 8.34. The van der Waals surface area contributed by atoms with Gasteiger partial charge in [-0.25, -0.2) is 4.98 Å². The molecule has 210 valence electrons. The van der Waals surface area contributed by atoms with Gasteiger partial charge in [0.05, 0.1) is 19.2 Å². The molecule has 1 atom stereocenters.